The van der Waals surface area contributed by atoms with Gasteiger partial charge in [-0.3, -0.25) is 4.90 Å². The number of nitrogens with zero attached hydrogens (tertiary/aromatic N) is 1. The van der Waals surface area contributed by atoms with Gasteiger partial charge in [0.15, 0.2) is 0 Å². The second kappa shape index (κ2) is 7.76. The standard InChI is InChI=1S/C13H15BrF4N2.ClH/c14-11-6-9(5-10(7-11)13(16,17)18)12(8-15)20-3-1-19-2-4-20;/h5-7,12,19H,1-4,8H2;1H/t12-;/m1./s1. The molecule has 0 radical (unpaired) electrons. The number of hydrogen-bond donors (Lipinski definition) is 1. The zero-order valence-corrected chi connectivity index (χ0v) is 13.5. The van der Waals surface area contributed by atoms with Crippen molar-refractivity contribution in [1.82, 2.24) is 10.2 Å². The van der Waals surface area contributed by atoms with Crippen molar-refractivity contribution in [2.75, 3.05) is 32.9 Å². The first-order valence-electron chi connectivity index (χ1n) is 6.30. The highest BCUT2D eigenvalue weighted by Gasteiger charge is 2.32. The maximum absolute atomic E-state index is 13.3. The minimum Gasteiger partial charge on any atom is -0.314 e. The molecule has 120 valence electrons. The van der Waals surface area contributed by atoms with Gasteiger partial charge >= 0.3 is 6.18 Å². The average Bonchev–Trinajstić information content (AvgIpc) is 2.39. The molecular formula is C13H16BrClF4N2. The first-order chi connectivity index (χ1) is 9.41. The van der Waals surface area contributed by atoms with Crippen molar-refractivity contribution in [1.29, 1.82) is 0 Å². The highest BCUT2D eigenvalue weighted by atomic mass is 79.9. The monoisotopic (exact) mass is 390 g/mol. The predicted octanol–water partition coefficient (Wildman–Crippen LogP) is 3.81. The Morgan fingerprint density at radius 3 is 2.33 bits per heavy atom. The van der Waals surface area contributed by atoms with E-state index in [2.05, 4.69) is 21.2 Å². The molecule has 0 bridgehead atoms. The largest absolute Gasteiger partial charge is 0.416 e. The quantitative estimate of drug-likeness (QED) is 0.789. The number of piperazine rings is 1. The van der Waals surface area contributed by atoms with E-state index in [0.717, 1.165) is 25.2 Å². The van der Waals surface area contributed by atoms with E-state index in [-0.39, 0.29) is 12.4 Å². The molecule has 1 aromatic carbocycles. The maximum atomic E-state index is 13.3. The van der Waals surface area contributed by atoms with Gasteiger partial charge in [0, 0.05) is 30.7 Å². The highest BCUT2D eigenvalue weighted by Crippen LogP contribution is 2.34. The van der Waals surface area contributed by atoms with Crippen LogP contribution in [0.2, 0.25) is 0 Å². The summed E-state index contributed by atoms with van der Waals surface area (Å²) in [5.41, 5.74) is -0.397. The van der Waals surface area contributed by atoms with E-state index in [4.69, 9.17) is 0 Å². The summed E-state index contributed by atoms with van der Waals surface area (Å²) in [7, 11) is 0. The highest BCUT2D eigenvalue weighted by molar-refractivity contribution is 9.10. The fraction of sp³-hybridized carbons (Fsp3) is 0.538. The third kappa shape index (κ3) is 4.81. The maximum Gasteiger partial charge on any atom is 0.416 e. The van der Waals surface area contributed by atoms with Gasteiger partial charge in [-0.25, -0.2) is 4.39 Å². The predicted molar refractivity (Wildman–Crippen MR) is 79.6 cm³/mol. The van der Waals surface area contributed by atoms with Crippen LogP contribution in [0.5, 0.6) is 0 Å². The van der Waals surface area contributed by atoms with Crippen LogP contribution in [0.3, 0.4) is 0 Å². The molecule has 1 aliphatic rings. The number of rotatable bonds is 3. The molecule has 0 amide bonds. The summed E-state index contributed by atoms with van der Waals surface area (Å²) in [4.78, 5) is 1.87. The average molecular weight is 392 g/mol. The molecule has 1 saturated heterocycles. The van der Waals surface area contributed by atoms with E-state index < -0.39 is 24.5 Å². The van der Waals surface area contributed by atoms with Gasteiger partial charge in [-0.1, -0.05) is 15.9 Å². The molecule has 1 N–H and O–H groups in total. The number of halogens is 6. The van der Waals surface area contributed by atoms with Gasteiger partial charge in [-0.15, -0.1) is 12.4 Å². The van der Waals surface area contributed by atoms with Crippen LogP contribution in [0.15, 0.2) is 22.7 Å². The molecule has 1 fully saturated rings. The Balaban J connectivity index is 0.00000220. The molecule has 8 heteroatoms. The normalized spacial score (nSPS) is 18.1. The molecule has 0 aliphatic carbocycles. The van der Waals surface area contributed by atoms with Crippen molar-refractivity contribution < 1.29 is 17.6 Å². The van der Waals surface area contributed by atoms with Crippen molar-refractivity contribution in [3.63, 3.8) is 0 Å². The van der Waals surface area contributed by atoms with Crippen LogP contribution in [-0.4, -0.2) is 37.8 Å². The molecule has 1 aromatic rings. The molecule has 0 spiro atoms. The number of hydrogen-bond acceptors (Lipinski definition) is 2. The van der Waals surface area contributed by atoms with Crippen molar-refractivity contribution in [2.24, 2.45) is 0 Å². The molecule has 2 nitrogen and oxygen atoms in total. The summed E-state index contributed by atoms with van der Waals surface area (Å²) >= 11 is 3.07. The van der Waals surface area contributed by atoms with E-state index in [1.807, 2.05) is 4.90 Å². The SMILES string of the molecule is Cl.FC[C@H](c1cc(Br)cc(C(F)(F)F)c1)N1CCNCC1. The molecule has 1 aliphatic heterocycles. The van der Waals surface area contributed by atoms with E-state index in [1.165, 1.54) is 0 Å². The number of nitrogens with one attached hydrogen (secondary N) is 1. The van der Waals surface area contributed by atoms with Gasteiger partial charge < -0.3 is 5.32 Å². The van der Waals surface area contributed by atoms with Crippen molar-refractivity contribution in [2.45, 2.75) is 12.2 Å². The van der Waals surface area contributed by atoms with E-state index in [1.54, 1.807) is 6.07 Å². The number of alkyl halides is 4. The Kier molecular flexibility index (Phi) is 6.90. The third-order valence-electron chi connectivity index (χ3n) is 3.37. The summed E-state index contributed by atoms with van der Waals surface area (Å²) in [5, 5.41) is 3.14. The lowest BCUT2D eigenvalue weighted by atomic mass is 10.0. The first-order valence-corrected chi connectivity index (χ1v) is 7.09. The van der Waals surface area contributed by atoms with E-state index in [0.29, 0.717) is 23.1 Å². The topological polar surface area (TPSA) is 15.3 Å². The summed E-state index contributed by atoms with van der Waals surface area (Å²) in [6, 6.07) is 2.98. The van der Waals surface area contributed by atoms with Crippen molar-refractivity contribution in [3.8, 4) is 0 Å². The van der Waals surface area contributed by atoms with Crippen LogP contribution >= 0.6 is 28.3 Å². The lowest BCUT2D eigenvalue weighted by Crippen LogP contribution is -2.45. The minimum atomic E-state index is -4.43. The molecule has 21 heavy (non-hydrogen) atoms. The van der Waals surface area contributed by atoms with E-state index >= 15 is 0 Å². The van der Waals surface area contributed by atoms with Gasteiger partial charge in [0.2, 0.25) is 0 Å². The van der Waals surface area contributed by atoms with Crippen LogP contribution in [0.4, 0.5) is 17.6 Å². The molecule has 1 atom stereocenters. The Morgan fingerprint density at radius 1 is 1.19 bits per heavy atom. The lowest BCUT2D eigenvalue weighted by Gasteiger charge is -2.34. The fourth-order valence-corrected chi connectivity index (χ4v) is 2.87. The smallest absolute Gasteiger partial charge is 0.314 e. The van der Waals surface area contributed by atoms with Crippen LogP contribution < -0.4 is 5.32 Å². The first kappa shape index (κ1) is 18.7. The third-order valence-corrected chi connectivity index (χ3v) is 3.83. The minimum absolute atomic E-state index is 0. The van der Waals surface area contributed by atoms with Crippen LogP contribution in [0, 0.1) is 0 Å². The molecule has 0 saturated carbocycles. The molecule has 2 rings (SSSR count). The van der Waals surface area contributed by atoms with Crippen LogP contribution in [0.25, 0.3) is 0 Å². The summed E-state index contributed by atoms with van der Waals surface area (Å²) in [6.07, 6.45) is -4.43. The molecular weight excluding hydrogens is 376 g/mol. The van der Waals surface area contributed by atoms with Gasteiger partial charge in [-0.2, -0.15) is 13.2 Å². The lowest BCUT2D eigenvalue weighted by molar-refractivity contribution is -0.137. The van der Waals surface area contributed by atoms with Crippen molar-refractivity contribution >= 4 is 28.3 Å². The van der Waals surface area contributed by atoms with Crippen LogP contribution in [-0.2, 0) is 6.18 Å². The van der Waals surface area contributed by atoms with Gasteiger partial charge in [-0.05, 0) is 23.8 Å². The Bertz CT molecular complexity index is 464. The van der Waals surface area contributed by atoms with Gasteiger partial charge in [0.1, 0.15) is 6.67 Å². The Labute approximate surface area is 135 Å². The zero-order valence-electron chi connectivity index (χ0n) is 11.1. The fourth-order valence-electron chi connectivity index (χ4n) is 2.36. The summed E-state index contributed by atoms with van der Waals surface area (Å²) in [5.74, 6) is 0. The number of benzene rings is 1. The Morgan fingerprint density at radius 2 is 1.81 bits per heavy atom. The van der Waals surface area contributed by atoms with Gasteiger partial charge in [0.25, 0.3) is 0 Å². The van der Waals surface area contributed by atoms with E-state index in [9.17, 15) is 17.6 Å². The molecule has 0 unspecified atom stereocenters. The Hall–Kier alpha value is -0.370. The zero-order chi connectivity index (χ0) is 14.8. The molecule has 0 aromatic heterocycles. The van der Waals surface area contributed by atoms with Crippen LogP contribution in [0.1, 0.15) is 17.2 Å². The second-order valence-electron chi connectivity index (χ2n) is 4.73. The molecule has 1 heterocycles. The summed E-state index contributed by atoms with van der Waals surface area (Å²) in [6.45, 7) is 1.99. The summed E-state index contributed by atoms with van der Waals surface area (Å²) < 4.78 is 52.1. The van der Waals surface area contributed by atoms with Gasteiger partial charge in [0.05, 0.1) is 11.6 Å². The second-order valence-corrected chi connectivity index (χ2v) is 5.64. The van der Waals surface area contributed by atoms with Crippen molar-refractivity contribution in [3.05, 3.63) is 33.8 Å².